The summed E-state index contributed by atoms with van der Waals surface area (Å²) in [5.74, 6) is -1.39. The molecule has 0 spiro atoms. The molecule has 0 aliphatic rings. The molecular weight excluding hydrogens is 369 g/mol. The molecule has 0 fully saturated rings. The molecule has 0 aliphatic carbocycles. The van der Waals surface area contributed by atoms with E-state index in [4.69, 9.17) is 5.73 Å². The molecular formula is C20H25ClFN3O2. The van der Waals surface area contributed by atoms with E-state index in [0.29, 0.717) is 5.56 Å². The Kier molecular flexibility index (Phi) is 8.91. The maximum absolute atomic E-state index is 13.5. The number of carbonyl (C=O) groups is 2. The lowest BCUT2D eigenvalue weighted by molar-refractivity contribution is -0.125. The van der Waals surface area contributed by atoms with Crippen molar-refractivity contribution in [3.05, 3.63) is 71.0 Å². The van der Waals surface area contributed by atoms with Crippen LogP contribution in [0.1, 0.15) is 34.5 Å². The average Bonchev–Trinajstić information content (AvgIpc) is 2.66. The van der Waals surface area contributed by atoms with E-state index >= 15 is 0 Å². The summed E-state index contributed by atoms with van der Waals surface area (Å²) in [6.07, 6.45) is 0. The van der Waals surface area contributed by atoms with Crippen molar-refractivity contribution in [2.75, 3.05) is 13.1 Å². The molecule has 0 bridgehead atoms. The molecule has 2 aromatic rings. The maximum Gasteiger partial charge on any atom is 0.251 e. The maximum atomic E-state index is 13.5. The number of hydrogen-bond acceptors (Lipinski definition) is 3. The topological polar surface area (TPSA) is 84.2 Å². The van der Waals surface area contributed by atoms with Crippen molar-refractivity contribution in [2.45, 2.75) is 19.9 Å². The first-order valence-corrected chi connectivity index (χ1v) is 8.52. The van der Waals surface area contributed by atoms with Crippen molar-refractivity contribution in [1.29, 1.82) is 0 Å². The summed E-state index contributed by atoms with van der Waals surface area (Å²) < 4.78 is 13.5. The molecule has 2 aromatic carbocycles. The monoisotopic (exact) mass is 393 g/mol. The highest BCUT2D eigenvalue weighted by Crippen LogP contribution is 2.18. The quantitative estimate of drug-likeness (QED) is 0.632. The first-order valence-electron chi connectivity index (χ1n) is 8.52. The molecule has 2 atom stereocenters. The van der Waals surface area contributed by atoms with Crippen LogP contribution in [0, 0.1) is 18.7 Å². The number of aryl methyl sites for hydroxylation is 1. The molecule has 2 unspecified atom stereocenters. The van der Waals surface area contributed by atoms with Crippen LogP contribution >= 0.6 is 12.4 Å². The predicted octanol–water partition coefficient (Wildman–Crippen LogP) is 2.74. The lowest BCUT2D eigenvalue weighted by Crippen LogP contribution is -2.39. The molecule has 0 aliphatic heterocycles. The van der Waals surface area contributed by atoms with Gasteiger partial charge in [-0.2, -0.15) is 0 Å². The van der Waals surface area contributed by atoms with Gasteiger partial charge in [0.1, 0.15) is 5.82 Å². The summed E-state index contributed by atoms with van der Waals surface area (Å²) in [7, 11) is 0. The zero-order valence-electron chi connectivity index (χ0n) is 15.4. The summed E-state index contributed by atoms with van der Waals surface area (Å²) in [5.41, 5.74) is 7.75. The van der Waals surface area contributed by atoms with Gasteiger partial charge in [0.25, 0.3) is 5.91 Å². The van der Waals surface area contributed by atoms with E-state index in [0.717, 1.165) is 5.56 Å². The molecule has 0 aromatic heterocycles. The van der Waals surface area contributed by atoms with Crippen LogP contribution in [0.3, 0.4) is 0 Å². The fourth-order valence-electron chi connectivity index (χ4n) is 2.49. The van der Waals surface area contributed by atoms with E-state index in [1.807, 2.05) is 30.3 Å². The first kappa shape index (κ1) is 22.6. The second kappa shape index (κ2) is 10.6. The molecule has 0 heterocycles. The van der Waals surface area contributed by atoms with Crippen LogP contribution in [0.25, 0.3) is 0 Å². The molecule has 27 heavy (non-hydrogen) atoms. The number of halogens is 2. The van der Waals surface area contributed by atoms with E-state index in [1.165, 1.54) is 6.07 Å². The van der Waals surface area contributed by atoms with Crippen LogP contribution < -0.4 is 16.4 Å². The third-order valence-corrected chi connectivity index (χ3v) is 4.28. The summed E-state index contributed by atoms with van der Waals surface area (Å²) in [4.78, 5) is 24.2. The molecule has 7 heteroatoms. The Labute approximate surface area is 164 Å². The molecule has 0 saturated carbocycles. The Morgan fingerprint density at radius 1 is 1.07 bits per heavy atom. The number of nitrogens with two attached hydrogens (primary N) is 1. The van der Waals surface area contributed by atoms with E-state index in [-0.39, 0.29) is 42.9 Å². The Morgan fingerprint density at radius 2 is 1.70 bits per heavy atom. The lowest BCUT2D eigenvalue weighted by Gasteiger charge is -2.20. The minimum absolute atomic E-state index is 0. The molecule has 2 rings (SSSR count). The molecule has 0 radical (unpaired) electrons. The van der Waals surface area contributed by atoms with Crippen LogP contribution in [0.4, 0.5) is 4.39 Å². The van der Waals surface area contributed by atoms with Gasteiger partial charge in [-0.3, -0.25) is 9.59 Å². The first-order chi connectivity index (χ1) is 12.4. The third-order valence-electron chi connectivity index (χ3n) is 4.28. The molecule has 0 saturated heterocycles. The number of amides is 2. The van der Waals surface area contributed by atoms with Gasteiger partial charge in [-0.25, -0.2) is 4.39 Å². The van der Waals surface area contributed by atoms with E-state index in [1.54, 1.807) is 26.0 Å². The summed E-state index contributed by atoms with van der Waals surface area (Å²) in [5, 5.41) is 5.40. The van der Waals surface area contributed by atoms with Crippen molar-refractivity contribution in [2.24, 2.45) is 11.7 Å². The molecule has 4 N–H and O–H groups in total. The number of carbonyl (C=O) groups excluding carboxylic acids is 2. The highest BCUT2D eigenvalue weighted by Gasteiger charge is 2.21. The van der Waals surface area contributed by atoms with Gasteiger partial charge in [0.2, 0.25) is 5.91 Å². The highest BCUT2D eigenvalue weighted by molar-refractivity contribution is 5.94. The van der Waals surface area contributed by atoms with Crippen LogP contribution in [-0.2, 0) is 4.79 Å². The summed E-state index contributed by atoms with van der Waals surface area (Å²) in [6, 6.07) is 13.3. The Balaban J connectivity index is 0.00000364. The van der Waals surface area contributed by atoms with E-state index in [2.05, 4.69) is 10.6 Å². The smallest absolute Gasteiger partial charge is 0.251 e. The van der Waals surface area contributed by atoms with Crippen molar-refractivity contribution in [1.82, 2.24) is 10.6 Å². The van der Waals surface area contributed by atoms with Crippen LogP contribution in [0.15, 0.2) is 48.5 Å². The van der Waals surface area contributed by atoms with Crippen LogP contribution in [0.2, 0.25) is 0 Å². The minimum Gasteiger partial charge on any atom is -0.354 e. The molecule has 146 valence electrons. The van der Waals surface area contributed by atoms with E-state index in [9.17, 15) is 14.0 Å². The number of rotatable bonds is 7. The number of nitrogens with one attached hydrogen (secondary N) is 2. The fraction of sp³-hybridized carbons (Fsp3) is 0.300. The van der Waals surface area contributed by atoms with E-state index < -0.39 is 17.8 Å². The van der Waals surface area contributed by atoms with Gasteiger partial charge in [-0.05, 0) is 30.2 Å². The van der Waals surface area contributed by atoms with Crippen LogP contribution in [-0.4, -0.2) is 24.9 Å². The molecule has 2 amide bonds. The van der Waals surface area contributed by atoms with Gasteiger partial charge in [0, 0.05) is 24.7 Å². The zero-order valence-corrected chi connectivity index (χ0v) is 16.2. The number of benzene rings is 2. The van der Waals surface area contributed by atoms with Crippen molar-refractivity contribution < 1.29 is 14.0 Å². The Morgan fingerprint density at radius 3 is 2.33 bits per heavy atom. The van der Waals surface area contributed by atoms with Gasteiger partial charge in [0.15, 0.2) is 0 Å². The zero-order chi connectivity index (χ0) is 19.1. The normalized spacial score (nSPS) is 12.4. The van der Waals surface area contributed by atoms with Gasteiger partial charge in [0.05, 0.1) is 5.92 Å². The second-order valence-electron chi connectivity index (χ2n) is 6.24. The van der Waals surface area contributed by atoms with Gasteiger partial charge in [-0.1, -0.05) is 43.3 Å². The van der Waals surface area contributed by atoms with Gasteiger partial charge < -0.3 is 16.4 Å². The fourth-order valence-corrected chi connectivity index (χ4v) is 2.49. The standard InChI is InChI=1S/C20H24FN3O2.ClH/c1-13-8-9-16(12-17(13)21)20(26)24-11-10-23-19(25)14(2)18(22)15-6-4-3-5-7-15;/h3-9,12,14,18H,10-11,22H2,1-2H3,(H,23,25)(H,24,26);1H. The van der Waals surface area contributed by atoms with Crippen LogP contribution in [0.5, 0.6) is 0 Å². The van der Waals surface area contributed by atoms with Crippen molar-refractivity contribution in [3.8, 4) is 0 Å². The lowest BCUT2D eigenvalue weighted by atomic mass is 9.95. The Hall–Kier alpha value is -2.44. The van der Waals surface area contributed by atoms with Gasteiger partial charge in [-0.15, -0.1) is 12.4 Å². The highest BCUT2D eigenvalue weighted by atomic mass is 35.5. The second-order valence-corrected chi connectivity index (χ2v) is 6.24. The van der Waals surface area contributed by atoms with Crippen molar-refractivity contribution >= 4 is 24.2 Å². The largest absolute Gasteiger partial charge is 0.354 e. The Bertz CT molecular complexity index is 771. The number of hydrogen-bond donors (Lipinski definition) is 3. The average molecular weight is 394 g/mol. The summed E-state index contributed by atoms with van der Waals surface area (Å²) >= 11 is 0. The van der Waals surface area contributed by atoms with Gasteiger partial charge >= 0.3 is 0 Å². The minimum atomic E-state index is -0.422. The SMILES string of the molecule is Cc1ccc(C(=O)NCCNC(=O)C(C)C(N)c2ccccc2)cc1F.Cl. The third kappa shape index (κ3) is 6.34. The predicted molar refractivity (Wildman–Crippen MR) is 106 cm³/mol. The van der Waals surface area contributed by atoms with Crippen molar-refractivity contribution in [3.63, 3.8) is 0 Å². The molecule has 5 nitrogen and oxygen atoms in total. The summed E-state index contributed by atoms with van der Waals surface area (Å²) in [6.45, 7) is 3.91.